The van der Waals surface area contributed by atoms with Crippen LogP contribution in [0.3, 0.4) is 0 Å². The minimum Gasteiger partial charge on any atom is -0.316 e. The smallest absolute Gasteiger partial charge is 0.0991 e. The minimum atomic E-state index is -0.0993. The van der Waals surface area contributed by atoms with E-state index in [9.17, 15) is 0 Å². The van der Waals surface area contributed by atoms with Gasteiger partial charge >= 0.3 is 0 Å². The molecule has 3 nitrogen and oxygen atoms in total. The van der Waals surface area contributed by atoms with Crippen LogP contribution in [-0.4, -0.2) is 5.21 Å². The Morgan fingerprint density at radius 2 is 2.00 bits per heavy atom. The maximum absolute atomic E-state index is 8.60. The lowest BCUT2D eigenvalue weighted by molar-refractivity contribution is 0.133. The third-order valence-electron chi connectivity index (χ3n) is 1.73. The molecular formula is C9H10N2O. The molecule has 1 atom stereocenters. The van der Waals surface area contributed by atoms with Crippen molar-refractivity contribution in [3.05, 3.63) is 35.4 Å². The maximum Gasteiger partial charge on any atom is 0.0991 e. The summed E-state index contributed by atoms with van der Waals surface area (Å²) in [6.07, 6.45) is 0. The number of hydrogen-bond acceptors (Lipinski definition) is 3. The van der Waals surface area contributed by atoms with Gasteiger partial charge in [0.1, 0.15) is 0 Å². The lowest BCUT2D eigenvalue weighted by atomic mass is 10.1. The van der Waals surface area contributed by atoms with Crippen molar-refractivity contribution in [1.82, 2.24) is 5.48 Å². The Balaban J connectivity index is 2.86. The molecule has 1 aromatic carbocycles. The number of nitrogens with one attached hydrogen (secondary N) is 1. The van der Waals surface area contributed by atoms with Crippen LogP contribution in [0.2, 0.25) is 0 Å². The normalized spacial score (nSPS) is 12.1. The van der Waals surface area contributed by atoms with Crippen molar-refractivity contribution in [3.63, 3.8) is 0 Å². The van der Waals surface area contributed by atoms with Crippen LogP contribution in [-0.2, 0) is 0 Å². The zero-order chi connectivity index (χ0) is 8.97. The van der Waals surface area contributed by atoms with Gasteiger partial charge in [-0.05, 0) is 24.6 Å². The first-order valence-corrected chi connectivity index (χ1v) is 3.67. The van der Waals surface area contributed by atoms with E-state index < -0.39 is 0 Å². The largest absolute Gasteiger partial charge is 0.316 e. The van der Waals surface area contributed by atoms with Crippen molar-refractivity contribution in [2.24, 2.45) is 0 Å². The Hall–Kier alpha value is -1.37. The Morgan fingerprint density at radius 3 is 2.42 bits per heavy atom. The molecule has 62 valence electrons. The Morgan fingerprint density at radius 1 is 1.42 bits per heavy atom. The SMILES string of the molecule is CC(NO)c1ccc(C#N)cc1. The molecule has 0 saturated carbocycles. The summed E-state index contributed by atoms with van der Waals surface area (Å²) >= 11 is 0. The van der Waals surface area contributed by atoms with E-state index in [1.165, 1.54) is 0 Å². The predicted molar refractivity (Wildman–Crippen MR) is 44.5 cm³/mol. The molecule has 1 aromatic rings. The van der Waals surface area contributed by atoms with Crippen molar-refractivity contribution < 1.29 is 5.21 Å². The van der Waals surface area contributed by atoms with Crippen LogP contribution >= 0.6 is 0 Å². The van der Waals surface area contributed by atoms with E-state index in [2.05, 4.69) is 5.48 Å². The van der Waals surface area contributed by atoms with Gasteiger partial charge in [-0.1, -0.05) is 12.1 Å². The fourth-order valence-corrected chi connectivity index (χ4v) is 0.921. The van der Waals surface area contributed by atoms with Gasteiger partial charge < -0.3 is 5.21 Å². The van der Waals surface area contributed by atoms with E-state index in [1.807, 2.05) is 25.1 Å². The van der Waals surface area contributed by atoms with Gasteiger partial charge in [0.2, 0.25) is 0 Å². The summed E-state index contributed by atoms with van der Waals surface area (Å²) in [5.74, 6) is 0. The van der Waals surface area contributed by atoms with Gasteiger partial charge in [-0.25, -0.2) is 0 Å². The summed E-state index contributed by atoms with van der Waals surface area (Å²) in [6, 6.07) is 9.00. The highest BCUT2D eigenvalue weighted by molar-refractivity contribution is 5.32. The van der Waals surface area contributed by atoms with Gasteiger partial charge in [-0.3, -0.25) is 0 Å². The van der Waals surface area contributed by atoms with Crippen LogP contribution in [0.4, 0.5) is 0 Å². The van der Waals surface area contributed by atoms with Gasteiger partial charge in [0.25, 0.3) is 0 Å². The molecule has 2 N–H and O–H groups in total. The van der Waals surface area contributed by atoms with E-state index in [0.29, 0.717) is 5.56 Å². The lowest BCUT2D eigenvalue weighted by Crippen LogP contribution is -2.12. The first kappa shape index (κ1) is 8.72. The summed E-state index contributed by atoms with van der Waals surface area (Å²) < 4.78 is 0. The van der Waals surface area contributed by atoms with E-state index in [0.717, 1.165) is 5.56 Å². The van der Waals surface area contributed by atoms with Crippen LogP contribution in [0.25, 0.3) is 0 Å². The molecular weight excluding hydrogens is 152 g/mol. The molecule has 3 heteroatoms. The van der Waals surface area contributed by atoms with Crippen LogP contribution in [0.5, 0.6) is 0 Å². The molecule has 0 amide bonds. The second kappa shape index (κ2) is 3.86. The number of nitrogens with zero attached hydrogens (tertiary/aromatic N) is 1. The van der Waals surface area contributed by atoms with E-state index in [-0.39, 0.29) is 6.04 Å². The molecule has 0 aliphatic heterocycles. The van der Waals surface area contributed by atoms with Crippen molar-refractivity contribution in [1.29, 1.82) is 5.26 Å². The molecule has 0 heterocycles. The van der Waals surface area contributed by atoms with Crippen LogP contribution in [0.15, 0.2) is 24.3 Å². The quantitative estimate of drug-likeness (QED) is 0.649. The maximum atomic E-state index is 8.60. The second-order valence-corrected chi connectivity index (χ2v) is 2.58. The summed E-state index contributed by atoms with van der Waals surface area (Å²) in [4.78, 5) is 0. The van der Waals surface area contributed by atoms with E-state index in [4.69, 9.17) is 10.5 Å². The number of rotatable bonds is 2. The van der Waals surface area contributed by atoms with E-state index in [1.54, 1.807) is 12.1 Å². The Bertz CT molecular complexity index is 286. The van der Waals surface area contributed by atoms with Gasteiger partial charge in [-0.15, -0.1) is 0 Å². The molecule has 0 radical (unpaired) electrons. The highest BCUT2D eigenvalue weighted by atomic mass is 16.5. The number of hydroxylamine groups is 1. The topological polar surface area (TPSA) is 56.0 Å². The van der Waals surface area contributed by atoms with Crippen LogP contribution in [0, 0.1) is 11.3 Å². The number of hydrogen-bond donors (Lipinski definition) is 2. The van der Waals surface area contributed by atoms with Crippen molar-refractivity contribution in [2.75, 3.05) is 0 Å². The summed E-state index contributed by atoms with van der Waals surface area (Å²) in [7, 11) is 0. The van der Waals surface area contributed by atoms with Gasteiger partial charge in [-0.2, -0.15) is 10.7 Å². The Labute approximate surface area is 71.2 Å². The molecule has 0 saturated heterocycles. The molecule has 0 aliphatic carbocycles. The average molecular weight is 162 g/mol. The van der Waals surface area contributed by atoms with Crippen molar-refractivity contribution >= 4 is 0 Å². The van der Waals surface area contributed by atoms with Crippen molar-refractivity contribution in [3.8, 4) is 6.07 Å². The molecule has 0 bridgehead atoms. The fraction of sp³-hybridized carbons (Fsp3) is 0.222. The summed E-state index contributed by atoms with van der Waals surface area (Å²) in [5.41, 5.74) is 3.72. The first-order chi connectivity index (χ1) is 5.77. The third-order valence-corrected chi connectivity index (χ3v) is 1.73. The van der Waals surface area contributed by atoms with Gasteiger partial charge in [0.15, 0.2) is 0 Å². The fourth-order valence-electron chi connectivity index (χ4n) is 0.921. The molecule has 1 unspecified atom stereocenters. The Kier molecular flexibility index (Phi) is 2.81. The second-order valence-electron chi connectivity index (χ2n) is 2.58. The van der Waals surface area contributed by atoms with Gasteiger partial charge in [0, 0.05) is 0 Å². The molecule has 0 aliphatic rings. The predicted octanol–water partition coefficient (Wildman–Crippen LogP) is 1.60. The molecule has 0 aromatic heterocycles. The summed E-state index contributed by atoms with van der Waals surface area (Å²) in [5, 5.41) is 17.1. The molecule has 1 rings (SSSR count). The van der Waals surface area contributed by atoms with Crippen LogP contribution < -0.4 is 5.48 Å². The molecule has 0 fully saturated rings. The monoisotopic (exact) mass is 162 g/mol. The van der Waals surface area contributed by atoms with Crippen LogP contribution in [0.1, 0.15) is 24.1 Å². The first-order valence-electron chi connectivity index (χ1n) is 3.67. The molecule has 0 spiro atoms. The highest BCUT2D eigenvalue weighted by Gasteiger charge is 2.01. The zero-order valence-electron chi connectivity index (χ0n) is 6.78. The lowest BCUT2D eigenvalue weighted by Gasteiger charge is -2.08. The third kappa shape index (κ3) is 1.82. The number of nitriles is 1. The highest BCUT2D eigenvalue weighted by Crippen LogP contribution is 2.11. The molecule has 12 heavy (non-hydrogen) atoms. The summed E-state index contributed by atoms with van der Waals surface area (Å²) in [6.45, 7) is 1.83. The average Bonchev–Trinajstić information content (AvgIpc) is 2.17. The van der Waals surface area contributed by atoms with Crippen molar-refractivity contribution in [2.45, 2.75) is 13.0 Å². The number of benzene rings is 1. The standard InChI is InChI=1S/C9H10N2O/c1-7(11-12)9-4-2-8(6-10)3-5-9/h2-5,7,11-12H,1H3. The zero-order valence-corrected chi connectivity index (χ0v) is 6.78. The van der Waals surface area contributed by atoms with Gasteiger partial charge in [0.05, 0.1) is 17.7 Å². The van der Waals surface area contributed by atoms with E-state index >= 15 is 0 Å². The minimum absolute atomic E-state index is 0.0993.